The molecule has 98 valence electrons. The molecule has 0 radical (unpaired) electrons. The molecule has 2 N–H and O–H groups in total. The van der Waals surface area contributed by atoms with Crippen LogP contribution in [0.2, 0.25) is 0 Å². The van der Waals surface area contributed by atoms with E-state index in [1.807, 2.05) is 16.9 Å². The van der Waals surface area contributed by atoms with Gasteiger partial charge in [0.25, 0.3) is 0 Å². The van der Waals surface area contributed by atoms with Crippen LogP contribution < -0.4 is 10.6 Å². The van der Waals surface area contributed by atoms with Gasteiger partial charge in [-0.3, -0.25) is 9.67 Å². The van der Waals surface area contributed by atoms with Crippen molar-refractivity contribution in [3.8, 4) is 0 Å². The lowest BCUT2D eigenvalue weighted by atomic mass is 10.4. The average molecular weight is 351 g/mol. The Balaban J connectivity index is 0.00000256. The zero-order valence-electron chi connectivity index (χ0n) is 10.7. The molecule has 0 unspecified atom stereocenters. The Labute approximate surface area is 120 Å². The summed E-state index contributed by atoms with van der Waals surface area (Å²) in [5.74, 6) is 0.865. The van der Waals surface area contributed by atoms with Gasteiger partial charge < -0.3 is 10.6 Å². The molecule has 0 aliphatic carbocycles. The van der Waals surface area contributed by atoms with E-state index >= 15 is 0 Å². The van der Waals surface area contributed by atoms with Crippen LogP contribution in [-0.2, 0) is 6.54 Å². The van der Waals surface area contributed by atoms with Gasteiger partial charge in [0.05, 0.1) is 13.1 Å². The molecular formula is C11H22IN5. The number of nitrogens with zero attached hydrogens (tertiary/aromatic N) is 3. The molecule has 0 bridgehead atoms. The van der Waals surface area contributed by atoms with E-state index in [0.29, 0.717) is 6.04 Å². The van der Waals surface area contributed by atoms with Gasteiger partial charge in [0, 0.05) is 25.0 Å². The minimum absolute atomic E-state index is 0. The van der Waals surface area contributed by atoms with Crippen molar-refractivity contribution in [2.75, 3.05) is 13.1 Å². The first-order chi connectivity index (χ1) is 7.72. The number of aliphatic imine (C=N–C) groups is 1. The number of rotatable bonds is 5. The smallest absolute Gasteiger partial charge is 0.191 e. The van der Waals surface area contributed by atoms with Crippen molar-refractivity contribution in [1.29, 1.82) is 0 Å². The van der Waals surface area contributed by atoms with Crippen molar-refractivity contribution < 1.29 is 0 Å². The van der Waals surface area contributed by atoms with E-state index in [9.17, 15) is 0 Å². The molecule has 0 aromatic carbocycles. The molecule has 6 heteroatoms. The molecule has 0 fully saturated rings. The van der Waals surface area contributed by atoms with Gasteiger partial charge in [-0.1, -0.05) is 0 Å². The van der Waals surface area contributed by atoms with Crippen molar-refractivity contribution in [3.63, 3.8) is 0 Å². The standard InChI is InChI=1S/C11H21N5.HI/c1-4-12-11(15-10(2)3)13-7-9-16-8-5-6-14-16;/h5-6,8,10H,4,7,9H2,1-3H3,(H2,12,13,15);1H. The summed E-state index contributed by atoms with van der Waals surface area (Å²) in [7, 11) is 0. The topological polar surface area (TPSA) is 54.2 Å². The zero-order chi connectivity index (χ0) is 11.8. The predicted molar refractivity (Wildman–Crippen MR) is 81.9 cm³/mol. The maximum atomic E-state index is 4.46. The van der Waals surface area contributed by atoms with Crippen LogP contribution in [0.5, 0.6) is 0 Å². The fourth-order valence-corrected chi connectivity index (χ4v) is 1.29. The Morgan fingerprint density at radius 1 is 1.47 bits per heavy atom. The van der Waals surface area contributed by atoms with E-state index in [1.54, 1.807) is 6.20 Å². The number of guanidine groups is 1. The average Bonchev–Trinajstić information content (AvgIpc) is 2.70. The van der Waals surface area contributed by atoms with E-state index < -0.39 is 0 Å². The second-order valence-corrected chi connectivity index (χ2v) is 3.83. The fourth-order valence-electron chi connectivity index (χ4n) is 1.29. The highest BCUT2D eigenvalue weighted by Crippen LogP contribution is 1.86. The number of nitrogens with one attached hydrogen (secondary N) is 2. The van der Waals surface area contributed by atoms with Crippen molar-refractivity contribution in [2.45, 2.75) is 33.4 Å². The summed E-state index contributed by atoms with van der Waals surface area (Å²) < 4.78 is 1.88. The highest BCUT2D eigenvalue weighted by atomic mass is 127. The molecule has 17 heavy (non-hydrogen) atoms. The Morgan fingerprint density at radius 3 is 2.76 bits per heavy atom. The van der Waals surface area contributed by atoms with Gasteiger partial charge in [0.2, 0.25) is 0 Å². The molecule has 0 aliphatic heterocycles. The third kappa shape index (κ3) is 7.19. The van der Waals surface area contributed by atoms with Crippen molar-refractivity contribution >= 4 is 29.9 Å². The van der Waals surface area contributed by atoms with E-state index in [4.69, 9.17) is 0 Å². The summed E-state index contributed by atoms with van der Waals surface area (Å²) in [5.41, 5.74) is 0. The fraction of sp³-hybridized carbons (Fsp3) is 0.636. The van der Waals surface area contributed by atoms with Crippen LogP contribution in [0.25, 0.3) is 0 Å². The molecule has 1 aromatic rings. The van der Waals surface area contributed by atoms with Gasteiger partial charge in [-0.2, -0.15) is 5.10 Å². The van der Waals surface area contributed by atoms with Gasteiger partial charge in [-0.05, 0) is 26.8 Å². The number of hydrogen-bond donors (Lipinski definition) is 2. The number of aromatic nitrogens is 2. The van der Waals surface area contributed by atoms with Crippen molar-refractivity contribution in [1.82, 2.24) is 20.4 Å². The lowest BCUT2D eigenvalue weighted by Gasteiger charge is -2.13. The van der Waals surface area contributed by atoms with Crippen LogP contribution in [0.15, 0.2) is 23.5 Å². The minimum atomic E-state index is 0. The first-order valence-corrected chi connectivity index (χ1v) is 5.74. The van der Waals surface area contributed by atoms with Crippen LogP contribution in [0.1, 0.15) is 20.8 Å². The molecule has 0 atom stereocenters. The number of hydrogen-bond acceptors (Lipinski definition) is 2. The minimum Gasteiger partial charge on any atom is -0.357 e. The molecule has 0 saturated heterocycles. The molecule has 0 saturated carbocycles. The second-order valence-electron chi connectivity index (χ2n) is 3.83. The zero-order valence-corrected chi connectivity index (χ0v) is 13.0. The predicted octanol–water partition coefficient (Wildman–Crippen LogP) is 1.46. The molecule has 0 aliphatic rings. The van der Waals surface area contributed by atoms with Crippen LogP contribution in [0.4, 0.5) is 0 Å². The normalized spacial score (nSPS) is 11.2. The SMILES string of the molecule is CCNC(=NCCn1cccn1)NC(C)C.I. The highest BCUT2D eigenvalue weighted by molar-refractivity contribution is 14.0. The lowest BCUT2D eigenvalue weighted by Crippen LogP contribution is -2.41. The van der Waals surface area contributed by atoms with Gasteiger partial charge in [-0.25, -0.2) is 0 Å². The summed E-state index contributed by atoms with van der Waals surface area (Å²) in [6, 6.07) is 2.31. The monoisotopic (exact) mass is 351 g/mol. The molecule has 1 heterocycles. The van der Waals surface area contributed by atoms with Crippen molar-refractivity contribution in [3.05, 3.63) is 18.5 Å². The summed E-state index contributed by atoms with van der Waals surface area (Å²) in [6.45, 7) is 8.66. The first-order valence-electron chi connectivity index (χ1n) is 5.74. The Hall–Kier alpha value is -0.790. The lowest BCUT2D eigenvalue weighted by molar-refractivity contribution is 0.619. The first kappa shape index (κ1) is 16.2. The third-order valence-corrected chi connectivity index (χ3v) is 1.93. The maximum absolute atomic E-state index is 4.46. The molecule has 5 nitrogen and oxygen atoms in total. The summed E-state index contributed by atoms with van der Waals surface area (Å²) in [4.78, 5) is 4.46. The Kier molecular flexibility index (Phi) is 8.83. The van der Waals surface area contributed by atoms with E-state index in [-0.39, 0.29) is 24.0 Å². The van der Waals surface area contributed by atoms with Crippen LogP contribution in [-0.4, -0.2) is 34.9 Å². The maximum Gasteiger partial charge on any atom is 0.191 e. The van der Waals surface area contributed by atoms with Gasteiger partial charge in [-0.15, -0.1) is 24.0 Å². The van der Waals surface area contributed by atoms with Crippen LogP contribution >= 0.6 is 24.0 Å². The summed E-state index contributed by atoms with van der Waals surface area (Å²) >= 11 is 0. The van der Waals surface area contributed by atoms with Gasteiger partial charge in [0.1, 0.15) is 0 Å². The second kappa shape index (κ2) is 9.26. The molecular weight excluding hydrogens is 329 g/mol. The molecule has 1 aromatic heterocycles. The highest BCUT2D eigenvalue weighted by Gasteiger charge is 1.98. The summed E-state index contributed by atoms with van der Waals surface area (Å²) in [6.07, 6.45) is 3.72. The third-order valence-electron chi connectivity index (χ3n) is 1.93. The Morgan fingerprint density at radius 2 is 2.24 bits per heavy atom. The van der Waals surface area contributed by atoms with Gasteiger partial charge >= 0.3 is 0 Å². The number of halogens is 1. The van der Waals surface area contributed by atoms with E-state index in [1.165, 1.54) is 0 Å². The van der Waals surface area contributed by atoms with E-state index in [0.717, 1.165) is 25.6 Å². The largest absolute Gasteiger partial charge is 0.357 e. The van der Waals surface area contributed by atoms with Crippen LogP contribution in [0, 0.1) is 0 Å². The molecule has 1 rings (SSSR count). The van der Waals surface area contributed by atoms with Crippen molar-refractivity contribution in [2.24, 2.45) is 4.99 Å². The van der Waals surface area contributed by atoms with Gasteiger partial charge in [0.15, 0.2) is 5.96 Å². The van der Waals surface area contributed by atoms with Crippen LogP contribution in [0.3, 0.4) is 0 Å². The summed E-state index contributed by atoms with van der Waals surface area (Å²) in [5, 5.41) is 10.6. The Bertz CT molecular complexity index is 308. The molecule has 0 spiro atoms. The quantitative estimate of drug-likeness (QED) is 0.480. The van der Waals surface area contributed by atoms with E-state index in [2.05, 4.69) is 41.5 Å². The molecule has 0 amide bonds.